The molecule has 2 aromatic heterocycles. The van der Waals surface area contributed by atoms with Crippen LogP contribution in [-0.4, -0.2) is 56.6 Å². The van der Waals surface area contributed by atoms with E-state index in [1.165, 1.54) is 0 Å². The number of anilines is 1. The van der Waals surface area contributed by atoms with Crippen molar-refractivity contribution in [3.05, 3.63) is 41.7 Å². The minimum atomic E-state index is -0.810. The van der Waals surface area contributed by atoms with Crippen molar-refractivity contribution in [2.24, 2.45) is 0 Å². The van der Waals surface area contributed by atoms with E-state index in [2.05, 4.69) is 20.3 Å². The first-order chi connectivity index (χ1) is 12.6. The third-order valence-electron chi connectivity index (χ3n) is 4.55. The first-order valence-corrected chi connectivity index (χ1v) is 8.77. The normalized spacial score (nSPS) is 17.7. The molecule has 3 heterocycles. The fourth-order valence-corrected chi connectivity index (χ4v) is 3.55. The van der Waals surface area contributed by atoms with Gasteiger partial charge in [0.25, 0.3) is 0 Å². The van der Waals surface area contributed by atoms with Crippen molar-refractivity contribution in [1.82, 2.24) is 19.9 Å². The van der Waals surface area contributed by atoms with Crippen LogP contribution in [0.1, 0.15) is 6.42 Å². The Balaban J connectivity index is 1.56. The molecule has 4 rings (SSSR count). The molecular weight excluding hydrogens is 354 g/mol. The molecular formula is C18H18ClN5O2. The first kappa shape index (κ1) is 16.8. The third-order valence-corrected chi connectivity index (χ3v) is 4.83. The number of aliphatic carboxylic acids is 1. The molecule has 3 N–H and O–H groups in total. The van der Waals surface area contributed by atoms with Crippen LogP contribution in [0.25, 0.3) is 22.2 Å². The van der Waals surface area contributed by atoms with E-state index in [-0.39, 0.29) is 12.6 Å². The first-order valence-electron chi connectivity index (χ1n) is 8.40. The van der Waals surface area contributed by atoms with Crippen molar-refractivity contribution in [1.29, 1.82) is 0 Å². The largest absolute Gasteiger partial charge is 0.480 e. The summed E-state index contributed by atoms with van der Waals surface area (Å²) < 4.78 is 0. The quantitative estimate of drug-likeness (QED) is 0.638. The van der Waals surface area contributed by atoms with E-state index in [4.69, 9.17) is 16.7 Å². The number of carboxylic acids is 1. The lowest BCUT2D eigenvalue weighted by atomic mass is 10.1. The average molecular weight is 372 g/mol. The topological polar surface area (TPSA) is 94.1 Å². The molecule has 1 aromatic carbocycles. The van der Waals surface area contributed by atoms with E-state index in [1.807, 2.05) is 35.4 Å². The number of para-hydroxylation sites is 1. The molecule has 8 heteroatoms. The Kier molecular flexibility index (Phi) is 4.48. The molecule has 3 aromatic rings. The van der Waals surface area contributed by atoms with Gasteiger partial charge in [-0.25, -0.2) is 9.97 Å². The van der Waals surface area contributed by atoms with Crippen LogP contribution >= 0.6 is 11.6 Å². The molecule has 1 aliphatic heterocycles. The number of rotatable bonds is 5. The third kappa shape index (κ3) is 3.36. The molecule has 1 atom stereocenters. The molecule has 134 valence electrons. The summed E-state index contributed by atoms with van der Waals surface area (Å²) in [4.78, 5) is 24.8. The van der Waals surface area contributed by atoms with Crippen LogP contribution in [0.15, 0.2) is 36.7 Å². The zero-order chi connectivity index (χ0) is 18.1. The summed E-state index contributed by atoms with van der Waals surface area (Å²) in [5, 5.41) is 13.7. The number of hydrogen-bond donors (Lipinski definition) is 3. The number of aromatic nitrogens is 3. The van der Waals surface area contributed by atoms with Gasteiger partial charge in [0.1, 0.15) is 0 Å². The number of nitrogens with one attached hydrogen (secondary N) is 2. The van der Waals surface area contributed by atoms with Gasteiger partial charge in [0, 0.05) is 41.8 Å². The van der Waals surface area contributed by atoms with E-state index in [0.717, 1.165) is 29.4 Å². The summed E-state index contributed by atoms with van der Waals surface area (Å²) in [6.45, 7) is 1.45. The minimum Gasteiger partial charge on any atom is -0.480 e. The van der Waals surface area contributed by atoms with E-state index in [9.17, 15) is 4.79 Å². The van der Waals surface area contributed by atoms with Gasteiger partial charge in [-0.05, 0) is 12.5 Å². The maximum Gasteiger partial charge on any atom is 0.317 e. The maximum atomic E-state index is 10.8. The Morgan fingerprint density at radius 1 is 1.42 bits per heavy atom. The molecule has 1 saturated heterocycles. The Morgan fingerprint density at radius 2 is 2.27 bits per heavy atom. The Labute approximate surface area is 155 Å². The van der Waals surface area contributed by atoms with Gasteiger partial charge in [0.05, 0.1) is 23.5 Å². The Morgan fingerprint density at radius 3 is 3.12 bits per heavy atom. The van der Waals surface area contributed by atoms with Crippen molar-refractivity contribution in [3.8, 4) is 11.3 Å². The van der Waals surface area contributed by atoms with E-state index < -0.39 is 5.97 Å². The van der Waals surface area contributed by atoms with E-state index in [1.54, 1.807) is 6.20 Å². The van der Waals surface area contributed by atoms with Crippen molar-refractivity contribution in [3.63, 3.8) is 0 Å². The van der Waals surface area contributed by atoms with Crippen molar-refractivity contribution < 1.29 is 9.90 Å². The summed E-state index contributed by atoms with van der Waals surface area (Å²) >= 11 is 6.34. The van der Waals surface area contributed by atoms with Crippen molar-refractivity contribution in [2.75, 3.05) is 25.0 Å². The van der Waals surface area contributed by atoms with Gasteiger partial charge in [-0.3, -0.25) is 9.69 Å². The molecule has 0 bridgehead atoms. The van der Waals surface area contributed by atoms with Crippen LogP contribution in [0.3, 0.4) is 0 Å². The zero-order valence-corrected chi connectivity index (χ0v) is 14.7. The van der Waals surface area contributed by atoms with Crippen LogP contribution in [0.2, 0.25) is 5.02 Å². The Bertz CT molecular complexity index is 958. The minimum absolute atomic E-state index is 0.0558. The summed E-state index contributed by atoms with van der Waals surface area (Å²) in [5.74, 6) is -0.313. The van der Waals surface area contributed by atoms with Crippen molar-refractivity contribution >= 4 is 34.4 Å². The summed E-state index contributed by atoms with van der Waals surface area (Å²) in [6, 6.07) is 8.09. The molecule has 0 aliphatic carbocycles. The fraction of sp³-hybridized carbons (Fsp3) is 0.278. The molecule has 0 radical (unpaired) electrons. The molecule has 7 nitrogen and oxygen atoms in total. The van der Waals surface area contributed by atoms with E-state index in [0.29, 0.717) is 23.2 Å². The predicted octanol–water partition coefficient (Wildman–Crippen LogP) is 2.85. The highest BCUT2D eigenvalue weighted by Gasteiger charge is 2.24. The molecule has 0 saturated carbocycles. The lowest BCUT2D eigenvalue weighted by molar-refractivity contribution is -0.138. The van der Waals surface area contributed by atoms with Gasteiger partial charge in [-0.15, -0.1) is 0 Å². The average Bonchev–Trinajstić information content (AvgIpc) is 3.23. The number of halogens is 1. The van der Waals surface area contributed by atoms with Crippen LogP contribution in [0.5, 0.6) is 0 Å². The standard InChI is InChI=1S/C18H18ClN5O2/c19-14-8-21-18(22-11-5-6-24(9-11)10-16(25)26)23-17(14)13-7-20-15-4-2-1-3-12(13)15/h1-4,7-8,11,20H,5-6,9-10H2,(H,25,26)(H,21,22,23). The summed E-state index contributed by atoms with van der Waals surface area (Å²) in [5.41, 5.74) is 2.61. The number of benzene rings is 1. The second-order valence-electron chi connectivity index (χ2n) is 6.40. The van der Waals surface area contributed by atoms with Crippen LogP contribution < -0.4 is 5.32 Å². The molecule has 1 unspecified atom stereocenters. The number of nitrogens with zero attached hydrogens (tertiary/aromatic N) is 3. The SMILES string of the molecule is O=C(O)CN1CCC(Nc2ncc(Cl)c(-c3c[nH]c4ccccc34)n2)C1. The lowest BCUT2D eigenvalue weighted by Crippen LogP contribution is -2.30. The number of likely N-dealkylation sites (tertiary alicyclic amines) is 1. The zero-order valence-electron chi connectivity index (χ0n) is 13.9. The molecule has 0 spiro atoms. The monoisotopic (exact) mass is 371 g/mol. The van der Waals surface area contributed by atoms with Crippen LogP contribution in [0, 0.1) is 0 Å². The lowest BCUT2D eigenvalue weighted by Gasteiger charge is -2.15. The molecule has 26 heavy (non-hydrogen) atoms. The van der Waals surface area contributed by atoms with Gasteiger partial charge in [-0.1, -0.05) is 29.8 Å². The van der Waals surface area contributed by atoms with Gasteiger partial charge in [0.2, 0.25) is 5.95 Å². The van der Waals surface area contributed by atoms with Gasteiger partial charge in [0.15, 0.2) is 0 Å². The molecule has 0 amide bonds. The highest BCUT2D eigenvalue weighted by Crippen LogP contribution is 2.32. The number of fused-ring (bicyclic) bond motifs is 1. The molecule has 1 aliphatic rings. The number of aromatic amines is 1. The van der Waals surface area contributed by atoms with Crippen LogP contribution in [-0.2, 0) is 4.79 Å². The summed E-state index contributed by atoms with van der Waals surface area (Å²) in [6.07, 6.45) is 4.34. The smallest absolute Gasteiger partial charge is 0.317 e. The maximum absolute atomic E-state index is 10.8. The van der Waals surface area contributed by atoms with Gasteiger partial charge >= 0.3 is 5.97 Å². The number of carbonyl (C=O) groups is 1. The second kappa shape index (κ2) is 6.93. The highest BCUT2D eigenvalue weighted by molar-refractivity contribution is 6.33. The van der Waals surface area contributed by atoms with Gasteiger partial charge in [-0.2, -0.15) is 0 Å². The summed E-state index contributed by atoms with van der Waals surface area (Å²) in [7, 11) is 0. The predicted molar refractivity (Wildman–Crippen MR) is 100 cm³/mol. The van der Waals surface area contributed by atoms with Crippen molar-refractivity contribution in [2.45, 2.75) is 12.5 Å². The van der Waals surface area contributed by atoms with Crippen LogP contribution in [0.4, 0.5) is 5.95 Å². The highest BCUT2D eigenvalue weighted by atomic mass is 35.5. The molecule has 1 fully saturated rings. The number of hydrogen-bond acceptors (Lipinski definition) is 5. The second-order valence-corrected chi connectivity index (χ2v) is 6.80. The number of H-pyrrole nitrogens is 1. The number of carboxylic acid groups (broad SMARTS) is 1. The Hall–Kier alpha value is -2.64. The fourth-order valence-electron chi connectivity index (χ4n) is 3.36. The van der Waals surface area contributed by atoms with E-state index >= 15 is 0 Å². The van der Waals surface area contributed by atoms with Gasteiger partial charge < -0.3 is 15.4 Å².